The zero-order chi connectivity index (χ0) is 17.7. The Balaban J connectivity index is 2.47. The fourth-order valence-corrected chi connectivity index (χ4v) is 4.47. The summed E-state index contributed by atoms with van der Waals surface area (Å²) in [6.45, 7) is 7.47. The van der Waals surface area contributed by atoms with Gasteiger partial charge in [-0.3, -0.25) is 0 Å². The quantitative estimate of drug-likeness (QED) is 0.622. The van der Waals surface area contributed by atoms with Gasteiger partial charge in [0.25, 0.3) is 0 Å². The predicted molar refractivity (Wildman–Crippen MR) is 103 cm³/mol. The molecule has 0 aliphatic heterocycles. The molecule has 0 aliphatic carbocycles. The van der Waals surface area contributed by atoms with E-state index in [2.05, 4.69) is 25.3 Å². The van der Waals surface area contributed by atoms with Crippen molar-refractivity contribution in [1.82, 2.24) is 9.55 Å². The van der Waals surface area contributed by atoms with Crippen molar-refractivity contribution in [1.29, 1.82) is 0 Å². The third-order valence-electron chi connectivity index (χ3n) is 3.69. The molecular weight excluding hydrogens is 363 g/mol. The van der Waals surface area contributed by atoms with E-state index in [-0.39, 0.29) is 6.61 Å². The van der Waals surface area contributed by atoms with Crippen LogP contribution in [0.5, 0.6) is 0 Å². The lowest BCUT2D eigenvalue weighted by Crippen LogP contribution is -2.07. The molecular formula is C18H24Cl2N2OS. The molecule has 6 heteroatoms. The number of halogens is 2. The molecule has 0 atom stereocenters. The number of hydrogen-bond donors (Lipinski definition) is 1. The van der Waals surface area contributed by atoms with Gasteiger partial charge in [0.05, 0.1) is 12.3 Å². The molecule has 0 amide bonds. The SMILES string of the molecule is CCCCn1c(CCO)nc(C(C)C)c1Sc1cc(Cl)cc(Cl)c1. The molecule has 0 aliphatic rings. The number of nitrogens with zero attached hydrogens (tertiary/aromatic N) is 2. The molecule has 132 valence electrons. The van der Waals surface area contributed by atoms with Gasteiger partial charge >= 0.3 is 0 Å². The van der Waals surface area contributed by atoms with E-state index in [4.69, 9.17) is 28.2 Å². The zero-order valence-electron chi connectivity index (χ0n) is 14.4. The maximum absolute atomic E-state index is 9.38. The molecule has 1 aromatic heterocycles. The van der Waals surface area contributed by atoms with Gasteiger partial charge in [0, 0.05) is 27.9 Å². The fraction of sp³-hybridized carbons (Fsp3) is 0.500. The summed E-state index contributed by atoms with van der Waals surface area (Å²) in [5.41, 5.74) is 1.07. The second-order valence-corrected chi connectivity index (χ2v) is 7.99. The van der Waals surface area contributed by atoms with Crippen LogP contribution in [0.4, 0.5) is 0 Å². The van der Waals surface area contributed by atoms with Gasteiger partial charge in [0.1, 0.15) is 10.9 Å². The Hall–Kier alpha value is -0.680. The van der Waals surface area contributed by atoms with E-state index in [9.17, 15) is 5.11 Å². The molecule has 0 unspecified atom stereocenters. The lowest BCUT2D eigenvalue weighted by molar-refractivity contribution is 0.293. The molecule has 1 aromatic carbocycles. The van der Waals surface area contributed by atoms with Crippen molar-refractivity contribution in [2.24, 2.45) is 0 Å². The van der Waals surface area contributed by atoms with Gasteiger partial charge in [-0.1, -0.05) is 62.2 Å². The first-order valence-corrected chi connectivity index (χ1v) is 9.87. The fourth-order valence-electron chi connectivity index (χ4n) is 2.52. The Morgan fingerprint density at radius 2 is 1.88 bits per heavy atom. The van der Waals surface area contributed by atoms with E-state index >= 15 is 0 Å². The van der Waals surface area contributed by atoms with E-state index in [1.54, 1.807) is 17.8 Å². The van der Waals surface area contributed by atoms with E-state index in [0.29, 0.717) is 22.4 Å². The lowest BCUT2D eigenvalue weighted by atomic mass is 10.1. The Kier molecular flexibility index (Phi) is 7.48. The molecule has 0 spiro atoms. The minimum absolute atomic E-state index is 0.105. The zero-order valence-corrected chi connectivity index (χ0v) is 16.7. The van der Waals surface area contributed by atoms with Crippen molar-refractivity contribution >= 4 is 35.0 Å². The molecule has 3 nitrogen and oxygen atoms in total. The van der Waals surface area contributed by atoms with E-state index < -0.39 is 0 Å². The molecule has 0 fully saturated rings. The monoisotopic (exact) mass is 386 g/mol. The molecule has 1 N–H and O–H groups in total. The third kappa shape index (κ3) is 4.92. The summed E-state index contributed by atoms with van der Waals surface area (Å²) < 4.78 is 2.24. The Morgan fingerprint density at radius 1 is 1.21 bits per heavy atom. The molecule has 2 rings (SSSR count). The van der Waals surface area contributed by atoms with Crippen LogP contribution in [0, 0.1) is 0 Å². The van der Waals surface area contributed by atoms with Crippen molar-refractivity contribution in [3.8, 4) is 0 Å². The van der Waals surface area contributed by atoms with Gasteiger partial charge in [0.15, 0.2) is 0 Å². The van der Waals surface area contributed by atoms with Crippen LogP contribution in [-0.2, 0) is 13.0 Å². The number of benzene rings is 1. The maximum atomic E-state index is 9.38. The summed E-state index contributed by atoms with van der Waals surface area (Å²) in [6.07, 6.45) is 2.76. The van der Waals surface area contributed by atoms with Gasteiger partial charge in [-0.15, -0.1) is 0 Å². The van der Waals surface area contributed by atoms with Crippen molar-refractivity contribution in [2.75, 3.05) is 6.61 Å². The average Bonchev–Trinajstić information content (AvgIpc) is 2.82. The average molecular weight is 387 g/mol. The van der Waals surface area contributed by atoms with E-state index in [0.717, 1.165) is 40.8 Å². The highest BCUT2D eigenvalue weighted by molar-refractivity contribution is 7.99. The number of rotatable bonds is 8. The largest absolute Gasteiger partial charge is 0.396 e. The highest BCUT2D eigenvalue weighted by Crippen LogP contribution is 2.37. The smallest absolute Gasteiger partial charge is 0.112 e. The van der Waals surface area contributed by atoms with Crippen LogP contribution in [0.2, 0.25) is 10.0 Å². The Bertz CT molecular complexity index is 666. The van der Waals surface area contributed by atoms with Crippen LogP contribution in [-0.4, -0.2) is 21.3 Å². The number of unbranched alkanes of at least 4 members (excludes halogenated alkanes) is 1. The van der Waals surface area contributed by atoms with Crippen molar-refractivity contribution in [3.63, 3.8) is 0 Å². The summed E-state index contributed by atoms with van der Waals surface area (Å²) in [4.78, 5) is 5.81. The van der Waals surface area contributed by atoms with Crippen LogP contribution in [0.1, 0.15) is 51.0 Å². The number of hydrogen-bond acceptors (Lipinski definition) is 3. The second-order valence-electron chi connectivity index (χ2n) is 6.06. The van der Waals surface area contributed by atoms with Crippen molar-refractivity contribution < 1.29 is 5.11 Å². The molecule has 24 heavy (non-hydrogen) atoms. The summed E-state index contributed by atoms with van der Waals surface area (Å²) >= 11 is 13.9. The van der Waals surface area contributed by atoms with Crippen LogP contribution in [0.15, 0.2) is 28.1 Å². The molecule has 0 radical (unpaired) electrons. The van der Waals surface area contributed by atoms with Crippen LogP contribution < -0.4 is 0 Å². The first-order valence-electron chi connectivity index (χ1n) is 8.30. The van der Waals surface area contributed by atoms with Crippen LogP contribution in [0.3, 0.4) is 0 Å². The van der Waals surface area contributed by atoms with Gasteiger partial charge in [-0.2, -0.15) is 0 Å². The molecule has 0 bridgehead atoms. The summed E-state index contributed by atoms with van der Waals surface area (Å²) in [6, 6.07) is 5.58. The Morgan fingerprint density at radius 3 is 2.42 bits per heavy atom. The van der Waals surface area contributed by atoms with Crippen molar-refractivity contribution in [2.45, 2.75) is 62.4 Å². The molecule has 0 saturated heterocycles. The number of aliphatic hydroxyl groups excluding tert-OH is 1. The number of imidazole rings is 1. The lowest BCUT2D eigenvalue weighted by Gasteiger charge is -2.13. The molecule has 1 heterocycles. The van der Waals surface area contributed by atoms with E-state index in [1.807, 2.05) is 12.1 Å². The first kappa shape index (κ1) is 19.6. The minimum Gasteiger partial charge on any atom is -0.396 e. The highest BCUT2D eigenvalue weighted by atomic mass is 35.5. The number of aromatic nitrogens is 2. The predicted octanol–water partition coefficient (Wildman–Crippen LogP) is 5.80. The minimum atomic E-state index is 0.105. The van der Waals surface area contributed by atoms with E-state index in [1.165, 1.54) is 0 Å². The summed E-state index contributed by atoms with van der Waals surface area (Å²) in [7, 11) is 0. The standard InChI is InChI=1S/C18H24Cl2N2OS/c1-4-5-7-22-16(6-8-23)21-17(12(2)3)18(22)24-15-10-13(19)9-14(20)11-15/h9-12,23H,4-8H2,1-3H3. The van der Waals surface area contributed by atoms with Gasteiger partial charge in [0.2, 0.25) is 0 Å². The van der Waals surface area contributed by atoms with Crippen LogP contribution in [0.25, 0.3) is 0 Å². The van der Waals surface area contributed by atoms with Crippen molar-refractivity contribution in [3.05, 3.63) is 39.8 Å². The maximum Gasteiger partial charge on any atom is 0.112 e. The first-order chi connectivity index (χ1) is 11.5. The van der Waals surface area contributed by atoms with Gasteiger partial charge < -0.3 is 9.67 Å². The highest BCUT2D eigenvalue weighted by Gasteiger charge is 2.20. The Labute approximate surface area is 158 Å². The van der Waals surface area contributed by atoms with Gasteiger partial charge in [-0.25, -0.2) is 4.98 Å². The van der Waals surface area contributed by atoms with Gasteiger partial charge in [-0.05, 0) is 30.5 Å². The second kappa shape index (κ2) is 9.14. The summed E-state index contributed by atoms with van der Waals surface area (Å²) in [5, 5.41) is 11.8. The number of aliphatic hydroxyl groups is 1. The van der Waals surface area contributed by atoms with Crippen LogP contribution >= 0.6 is 35.0 Å². The summed E-state index contributed by atoms with van der Waals surface area (Å²) in [5.74, 6) is 1.26. The normalized spacial score (nSPS) is 11.5. The topological polar surface area (TPSA) is 38.0 Å². The third-order valence-corrected chi connectivity index (χ3v) is 5.22. The molecule has 0 saturated carbocycles. The molecule has 2 aromatic rings.